The van der Waals surface area contributed by atoms with Crippen molar-refractivity contribution in [2.75, 3.05) is 0 Å². The summed E-state index contributed by atoms with van der Waals surface area (Å²) in [4.78, 5) is 13.2. The first-order chi connectivity index (χ1) is 36.4. The molecule has 0 aliphatic rings. The van der Waals surface area contributed by atoms with Crippen LogP contribution in [-0.2, 0) is 0 Å². The molecule has 0 saturated carbocycles. The topological polar surface area (TPSA) is 56.7 Å². The van der Waals surface area contributed by atoms with E-state index in [4.69, 9.17) is 33.2 Å². The van der Waals surface area contributed by atoms with Gasteiger partial charge in [-0.1, -0.05) is 133 Å². The van der Waals surface area contributed by atoms with Gasteiger partial charge in [-0.3, -0.25) is 4.57 Å². The van der Waals surface area contributed by atoms with Crippen LogP contribution in [0.15, 0.2) is 174 Å². The third-order valence-corrected chi connectivity index (χ3v) is 7.50. The molecule has 0 unspecified atom stereocenters. The summed E-state index contributed by atoms with van der Waals surface area (Å²) in [6.45, 7) is 0. The molecule has 0 aliphatic carbocycles. The van der Waals surface area contributed by atoms with Gasteiger partial charge in [-0.05, 0) is 58.5 Å². The van der Waals surface area contributed by atoms with Crippen molar-refractivity contribution in [3.8, 4) is 51.0 Å². The van der Waals surface area contributed by atoms with Gasteiger partial charge in [0.05, 0.1) is 49.4 Å². The molecule has 5 nitrogen and oxygen atoms in total. The number of para-hydroxylation sites is 1. The fourth-order valence-corrected chi connectivity index (χ4v) is 5.39. The summed E-state index contributed by atoms with van der Waals surface area (Å²) in [5, 5.41) is -2.18. The highest BCUT2D eigenvalue weighted by atomic mass is 16.3. The van der Waals surface area contributed by atoms with Crippen LogP contribution in [0.4, 0.5) is 0 Å². The lowest BCUT2D eigenvalue weighted by molar-refractivity contribution is 0.669. The van der Waals surface area contributed by atoms with Crippen molar-refractivity contribution in [1.82, 2.24) is 19.5 Å². The third-order valence-electron chi connectivity index (χ3n) is 7.50. The zero-order valence-electron chi connectivity index (χ0n) is 52.7. The minimum absolute atomic E-state index is 0.480. The molecule has 0 spiro atoms. The minimum atomic E-state index is -0.991. The van der Waals surface area contributed by atoms with E-state index in [1.807, 2.05) is 0 Å². The highest BCUT2D eigenvalue weighted by Crippen LogP contribution is 2.39. The number of benzene rings is 7. The van der Waals surface area contributed by atoms with Crippen molar-refractivity contribution in [2.24, 2.45) is 0 Å². The molecular weight excluding hydrogens is 613 g/mol. The summed E-state index contributed by atoms with van der Waals surface area (Å²) in [6.07, 6.45) is 0. The maximum atomic E-state index is 9.61. The van der Waals surface area contributed by atoms with Crippen LogP contribution in [0.2, 0.25) is 0 Å². The second-order valence-electron chi connectivity index (χ2n) is 10.3. The van der Waals surface area contributed by atoms with Gasteiger partial charge in [0, 0.05) is 32.7 Å². The van der Waals surface area contributed by atoms with Crippen LogP contribution in [0.5, 0.6) is 0 Å². The summed E-state index contributed by atoms with van der Waals surface area (Å²) in [6, 6.07) is -25.0. The Morgan fingerprint density at radius 2 is 1.06 bits per heavy atom. The normalized spacial score (nSPS) is 19.4. The predicted molar refractivity (Wildman–Crippen MR) is 203 cm³/mol. The Morgan fingerprint density at radius 1 is 0.420 bits per heavy atom. The zero-order chi connectivity index (χ0) is 57.4. The van der Waals surface area contributed by atoms with Crippen LogP contribution in [-0.4, -0.2) is 19.5 Å². The van der Waals surface area contributed by atoms with Gasteiger partial charge in [0.1, 0.15) is 11.2 Å². The molecule has 0 N–H and O–H groups in total. The number of nitrogens with zero attached hydrogens (tertiary/aromatic N) is 4. The number of furan rings is 1. The van der Waals surface area contributed by atoms with E-state index in [2.05, 4.69) is 15.0 Å². The van der Waals surface area contributed by atoms with Crippen LogP contribution in [0, 0.1) is 0 Å². The van der Waals surface area contributed by atoms with Crippen molar-refractivity contribution in [1.29, 1.82) is 0 Å². The van der Waals surface area contributed by atoms with Gasteiger partial charge in [-0.25, -0.2) is 4.98 Å². The van der Waals surface area contributed by atoms with E-state index in [1.165, 1.54) is 0 Å². The molecule has 0 bridgehead atoms. The summed E-state index contributed by atoms with van der Waals surface area (Å²) in [5.74, 6) is -2.66. The Hall–Kier alpha value is -6.85. The molecule has 0 atom stereocenters. The summed E-state index contributed by atoms with van der Waals surface area (Å²) in [7, 11) is 0. The van der Waals surface area contributed by atoms with Gasteiger partial charge < -0.3 is 4.42 Å². The molecule has 5 heteroatoms. The smallest absolute Gasteiger partial charge is 0.238 e. The van der Waals surface area contributed by atoms with Crippen LogP contribution < -0.4 is 0 Å². The number of fused-ring (bicyclic) bond motifs is 6. The lowest BCUT2D eigenvalue weighted by atomic mass is 9.99. The maximum absolute atomic E-state index is 9.61. The molecule has 234 valence electrons. The Bertz CT molecular complexity index is 4410. The van der Waals surface area contributed by atoms with Gasteiger partial charge in [0.25, 0.3) is 0 Å². The Balaban J connectivity index is 1.40. The van der Waals surface area contributed by atoms with E-state index in [9.17, 15) is 9.60 Å². The van der Waals surface area contributed by atoms with E-state index in [-0.39, 0.29) is 0 Å². The molecule has 50 heavy (non-hydrogen) atoms. The number of hydrogen-bond donors (Lipinski definition) is 0. The van der Waals surface area contributed by atoms with Gasteiger partial charge >= 0.3 is 0 Å². The number of hydrogen-bond acceptors (Lipinski definition) is 4. The van der Waals surface area contributed by atoms with E-state index in [1.54, 1.807) is 0 Å². The molecule has 0 radical (unpaired) electrons. The average Bonchev–Trinajstić information content (AvgIpc) is 3.93. The standard InChI is InChI=1S/C45H28N4O/c1-4-13-29(14-5-1)32-24-26-39-37(27-32)35-19-10-11-21-38(35)49(39)45-47-43(31-17-8-3-9-18-31)46-44(48-45)33-23-25-36-41(28-33)50-40-22-12-20-34(42(36)40)30-15-6-2-7-16-30/h1-28H/i1D,2D,3D,4D,5D,6D,7D,8D,9D,10D,11D,12D,13D,14D,15D,16D,17D,18D,19D,20D,21D,22D,23D,24D,25D,26D,27D,28D. The average molecular weight is 669 g/mol. The highest BCUT2D eigenvalue weighted by Gasteiger charge is 2.19. The van der Waals surface area contributed by atoms with Crippen molar-refractivity contribution < 1.29 is 42.8 Å². The molecule has 0 fully saturated rings. The van der Waals surface area contributed by atoms with E-state index >= 15 is 0 Å². The summed E-state index contributed by atoms with van der Waals surface area (Å²) < 4.78 is 253. The molecule has 0 saturated heterocycles. The molecule has 10 aromatic rings. The molecule has 3 aromatic heterocycles. The quantitative estimate of drug-likeness (QED) is 0.183. The lowest BCUT2D eigenvalue weighted by Gasteiger charge is -2.11. The largest absolute Gasteiger partial charge is 0.456 e. The molecular formula is C45H28N4O. The monoisotopic (exact) mass is 668 g/mol. The predicted octanol–water partition coefficient (Wildman–Crippen LogP) is 11.5. The van der Waals surface area contributed by atoms with Crippen molar-refractivity contribution in [3.63, 3.8) is 0 Å². The molecule has 0 amide bonds. The number of rotatable bonds is 5. The fraction of sp³-hybridized carbons (Fsp3) is 0. The third kappa shape index (κ3) is 4.60. The van der Waals surface area contributed by atoms with Gasteiger partial charge in [0.2, 0.25) is 5.95 Å². The molecule has 10 rings (SSSR count). The lowest BCUT2D eigenvalue weighted by Crippen LogP contribution is -2.06. The van der Waals surface area contributed by atoms with Gasteiger partial charge in [-0.15, -0.1) is 0 Å². The first kappa shape index (κ1) is 11.9. The Morgan fingerprint density at radius 3 is 1.84 bits per heavy atom. The van der Waals surface area contributed by atoms with Crippen molar-refractivity contribution in [3.05, 3.63) is 169 Å². The minimum Gasteiger partial charge on any atom is -0.456 e. The van der Waals surface area contributed by atoms with Crippen molar-refractivity contribution in [2.45, 2.75) is 0 Å². The SMILES string of the molecule is [2H]c1c([2H])c([2H])c(-c2nc(-c3c([2H])c([2H])c4c(oc5c([2H])c([2H])c([2H])c(-c6c([2H])c([2H])c([2H])c([2H])c6[2H])c54)c3[2H])nc(-n3c4c([2H])c([2H])c([2H])c([2H])c4c4c([2H])c(-c5c([2H])c([2H])c([2H])c([2H])c5[2H])c([2H])c([2H])c43)n2)c([2H])c1[2H]. The van der Waals surface area contributed by atoms with Crippen LogP contribution in [0.3, 0.4) is 0 Å². The second kappa shape index (κ2) is 11.4. The van der Waals surface area contributed by atoms with Crippen molar-refractivity contribution >= 4 is 43.7 Å². The zero-order valence-corrected chi connectivity index (χ0v) is 24.7. The van der Waals surface area contributed by atoms with Gasteiger partial charge in [-0.2, -0.15) is 9.97 Å². The van der Waals surface area contributed by atoms with Crippen LogP contribution in [0.1, 0.15) is 38.4 Å². The molecule has 7 aromatic carbocycles. The Kier molecular flexibility index (Phi) is 2.72. The summed E-state index contributed by atoms with van der Waals surface area (Å²) in [5.41, 5.74) is -6.90. The highest BCUT2D eigenvalue weighted by molar-refractivity contribution is 6.13. The first-order valence-corrected chi connectivity index (χ1v) is 14.4. The molecule has 0 aliphatic heterocycles. The Labute approximate surface area is 327 Å². The summed E-state index contributed by atoms with van der Waals surface area (Å²) >= 11 is 0. The number of aromatic nitrogens is 4. The molecule has 3 heterocycles. The first-order valence-electron chi connectivity index (χ1n) is 28.4. The fourth-order valence-electron chi connectivity index (χ4n) is 5.39. The van der Waals surface area contributed by atoms with Gasteiger partial charge in [0.15, 0.2) is 11.6 Å². The van der Waals surface area contributed by atoms with E-state index in [0.29, 0.717) is 0 Å². The van der Waals surface area contributed by atoms with Crippen LogP contribution in [0.25, 0.3) is 94.7 Å². The van der Waals surface area contributed by atoms with E-state index < -0.39 is 264 Å². The van der Waals surface area contributed by atoms with E-state index in [0.717, 1.165) is 4.57 Å². The second-order valence-corrected chi connectivity index (χ2v) is 10.3. The maximum Gasteiger partial charge on any atom is 0.238 e. The van der Waals surface area contributed by atoms with Crippen LogP contribution >= 0.6 is 0 Å².